The summed E-state index contributed by atoms with van der Waals surface area (Å²) in [6, 6.07) is 5.72. The van der Waals surface area contributed by atoms with Crippen LogP contribution in [-0.2, 0) is 11.3 Å². The molecule has 0 aliphatic carbocycles. The number of nitrogens with one attached hydrogen (secondary N) is 2. The van der Waals surface area contributed by atoms with Crippen molar-refractivity contribution < 1.29 is 19.1 Å². The van der Waals surface area contributed by atoms with Crippen molar-refractivity contribution in [3.63, 3.8) is 0 Å². The van der Waals surface area contributed by atoms with E-state index in [0.717, 1.165) is 24.9 Å². The van der Waals surface area contributed by atoms with Crippen LogP contribution in [0, 0.1) is 5.92 Å². The van der Waals surface area contributed by atoms with E-state index < -0.39 is 0 Å². The zero-order valence-electron chi connectivity index (χ0n) is 16.7. The Labute approximate surface area is 161 Å². The Bertz CT molecular complexity index is 648. The fourth-order valence-corrected chi connectivity index (χ4v) is 3.35. The molecule has 7 heteroatoms. The average molecular weight is 377 g/mol. The van der Waals surface area contributed by atoms with Crippen LogP contribution in [0.25, 0.3) is 0 Å². The second-order valence-electron chi connectivity index (χ2n) is 7.03. The summed E-state index contributed by atoms with van der Waals surface area (Å²) in [5, 5.41) is 5.67. The fourth-order valence-electron chi connectivity index (χ4n) is 3.35. The molecular weight excluding hydrogens is 346 g/mol. The second-order valence-corrected chi connectivity index (χ2v) is 7.03. The minimum Gasteiger partial charge on any atom is -0.493 e. The van der Waals surface area contributed by atoms with Crippen molar-refractivity contribution in [2.45, 2.75) is 46.2 Å². The Hall–Kier alpha value is -2.44. The van der Waals surface area contributed by atoms with Gasteiger partial charge < -0.3 is 25.0 Å². The summed E-state index contributed by atoms with van der Waals surface area (Å²) in [6.07, 6.45) is 2.12. The largest absolute Gasteiger partial charge is 0.493 e. The molecule has 27 heavy (non-hydrogen) atoms. The predicted octanol–water partition coefficient (Wildman–Crippen LogP) is 2.54. The normalized spacial score (nSPS) is 16.3. The van der Waals surface area contributed by atoms with Crippen LogP contribution >= 0.6 is 0 Å². The van der Waals surface area contributed by atoms with Crippen LogP contribution in [0.1, 0.15) is 39.2 Å². The van der Waals surface area contributed by atoms with Gasteiger partial charge in [-0.2, -0.15) is 0 Å². The molecule has 2 rings (SSSR count). The average Bonchev–Trinajstić information content (AvgIpc) is 3.15. The van der Waals surface area contributed by atoms with Crippen LogP contribution < -0.4 is 20.1 Å². The first kappa shape index (κ1) is 20.9. The lowest BCUT2D eigenvalue weighted by Crippen LogP contribution is -2.44. The first-order valence-electron chi connectivity index (χ1n) is 9.57. The molecule has 1 fully saturated rings. The minimum atomic E-state index is -0.179. The highest BCUT2D eigenvalue weighted by Crippen LogP contribution is 2.28. The molecule has 1 aliphatic rings. The summed E-state index contributed by atoms with van der Waals surface area (Å²) in [6.45, 7) is 7.88. The number of carbonyl (C=O) groups excluding carboxylic acids is 2. The molecule has 1 heterocycles. The number of urea groups is 1. The van der Waals surface area contributed by atoms with E-state index in [1.807, 2.05) is 24.0 Å². The number of amides is 3. The van der Waals surface area contributed by atoms with Crippen molar-refractivity contribution >= 4 is 11.9 Å². The molecule has 150 valence electrons. The van der Waals surface area contributed by atoms with Gasteiger partial charge in [0.15, 0.2) is 18.1 Å². The molecule has 7 nitrogen and oxygen atoms in total. The number of hydrogen-bond acceptors (Lipinski definition) is 4. The standard InChI is InChI=1S/C20H31N3O4/c1-5-21-19(24)13-27-17-9-8-15(11-18(17)26-4)12-22-20(25)23-10-6-7-16(23)14(2)3/h8-9,11,14,16H,5-7,10,12-13H2,1-4H3,(H,21,24)(H,22,25)/t16-/m0/s1. The molecule has 0 unspecified atom stereocenters. The summed E-state index contributed by atoms with van der Waals surface area (Å²) >= 11 is 0. The van der Waals surface area contributed by atoms with Gasteiger partial charge in [-0.25, -0.2) is 4.79 Å². The Balaban J connectivity index is 1.93. The summed E-state index contributed by atoms with van der Waals surface area (Å²) in [5.41, 5.74) is 0.908. The van der Waals surface area contributed by atoms with Crippen molar-refractivity contribution in [3.05, 3.63) is 23.8 Å². The van der Waals surface area contributed by atoms with Gasteiger partial charge in [0.2, 0.25) is 0 Å². The Morgan fingerprint density at radius 3 is 2.70 bits per heavy atom. The van der Waals surface area contributed by atoms with Crippen LogP contribution in [0.4, 0.5) is 4.79 Å². The van der Waals surface area contributed by atoms with Gasteiger partial charge in [-0.05, 0) is 43.4 Å². The maximum atomic E-state index is 12.5. The van der Waals surface area contributed by atoms with Crippen LogP contribution in [-0.4, -0.2) is 49.7 Å². The number of hydrogen-bond donors (Lipinski definition) is 2. The third-order valence-electron chi connectivity index (χ3n) is 4.73. The Morgan fingerprint density at radius 1 is 1.26 bits per heavy atom. The van der Waals surface area contributed by atoms with Crippen LogP contribution in [0.15, 0.2) is 18.2 Å². The maximum Gasteiger partial charge on any atom is 0.317 e. The van der Waals surface area contributed by atoms with E-state index >= 15 is 0 Å². The number of likely N-dealkylation sites (N-methyl/N-ethyl adjacent to an activating group) is 1. The Morgan fingerprint density at radius 2 is 2.04 bits per heavy atom. The van der Waals surface area contributed by atoms with Gasteiger partial charge in [0.1, 0.15) is 0 Å². The van der Waals surface area contributed by atoms with Gasteiger partial charge in [0.25, 0.3) is 5.91 Å². The van der Waals surface area contributed by atoms with Gasteiger partial charge in [-0.3, -0.25) is 4.79 Å². The number of rotatable bonds is 8. The van der Waals surface area contributed by atoms with Crippen molar-refractivity contribution in [2.24, 2.45) is 5.92 Å². The second kappa shape index (κ2) is 10.0. The maximum absolute atomic E-state index is 12.5. The van der Waals surface area contributed by atoms with Crippen LogP contribution in [0.2, 0.25) is 0 Å². The SMILES string of the molecule is CCNC(=O)COc1ccc(CNC(=O)N2CCC[C@H]2C(C)C)cc1OC. The molecule has 1 aromatic rings. The first-order valence-corrected chi connectivity index (χ1v) is 9.57. The highest BCUT2D eigenvalue weighted by Gasteiger charge is 2.30. The quantitative estimate of drug-likeness (QED) is 0.730. The van der Waals surface area contributed by atoms with E-state index in [0.29, 0.717) is 36.5 Å². The van der Waals surface area contributed by atoms with Crippen molar-refractivity contribution in [1.29, 1.82) is 0 Å². The number of benzene rings is 1. The Kier molecular flexibility index (Phi) is 7.76. The van der Waals surface area contributed by atoms with Crippen molar-refractivity contribution in [3.8, 4) is 11.5 Å². The zero-order chi connectivity index (χ0) is 19.8. The van der Waals surface area contributed by atoms with Gasteiger partial charge >= 0.3 is 6.03 Å². The summed E-state index contributed by atoms with van der Waals surface area (Å²) in [5.74, 6) is 1.31. The van der Waals surface area contributed by atoms with Gasteiger partial charge in [-0.1, -0.05) is 19.9 Å². The molecule has 3 amide bonds. The van der Waals surface area contributed by atoms with Crippen LogP contribution in [0.3, 0.4) is 0 Å². The van der Waals surface area contributed by atoms with E-state index in [4.69, 9.17) is 9.47 Å². The number of methoxy groups -OCH3 is 1. The van der Waals surface area contributed by atoms with E-state index in [9.17, 15) is 9.59 Å². The van der Waals surface area contributed by atoms with Crippen molar-refractivity contribution in [2.75, 3.05) is 26.8 Å². The molecule has 2 N–H and O–H groups in total. The smallest absolute Gasteiger partial charge is 0.317 e. The van der Waals surface area contributed by atoms with Gasteiger partial charge in [0.05, 0.1) is 7.11 Å². The predicted molar refractivity (Wildman–Crippen MR) is 104 cm³/mol. The molecule has 1 aromatic carbocycles. The fraction of sp³-hybridized carbons (Fsp3) is 0.600. The summed E-state index contributed by atoms with van der Waals surface area (Å²) < 4.78 is 10.9. The lowest BCUT2D eigenvalue weighted by molar-refractivity contribution is -0.123. The molecule has 1 aliphatic heterocycles. The molecule has 0 bridgehead atoms. The van der Waals surface area contributed by atoms with Gasteiger partial charge in [0, 0.05) is 25.7 Å². The third kappa shape index (κ3) is 5.77. The van der Waals surface area contributed by atoms with Crippen LogP contribution in [0.5, 0.6) is 11.5 Å². The van der Waals surface area contributed by atoms with E-state index in [-0.39, 0.29) is 18.5 Å². The lowest BCUT2D eigenvalue weighted by atomic mass is 10.0. The van der Waals surface area contributed by atoms with E-state index in [2.05, 4.69) is 24.5 Å². The lowest BCUT2D eigenvalue weighted by Gasteiger charge is -2.27. The topological polar surface area (TPSA) is 79.9 Å². The minimum absolute atomic E-state index is 0.0262. The highest BCUT2D eigenvalue weighted by atomic mass is 16.5. The zero-order valence-corrected chi connectivity index (χ0v) is 16.7. The highest BCUT2D eigenvalue weighted by molar-refractivity contribution is 5.77. The number of nitrogens with zero attached hydrogens (tertiary/aromatic N) is 1. The number of likely N-dealkylation sites (tertiary alicyclic amines) is 1. The third-order valence-corrected chi connectivity index (χ3v) is 4.73. The van der Waals surface area contributed by atoms with E-state index in [1.54, 1.807) is 13.2 Å². The molecule has 0 saturated carbocycles. The monoisotopic (exact) mass is 377 g/mol. The molecule has 0 spiro atoms. The summed E-state index contributed by atoms with van der Waals surface area (Å²) in [4.78, 5) is 26.0. The number of carbonyl (C=O) groups is 2. The molecule has 0 radical (unpaired) electrons. The molecule has 1 atom stereocenters. The first-order chi connectivity index (χ1) is 13.0. The number of ether oxygens (including phenoxy) is 2. The molecule has 1 saturated heterocycles. The van der Waals surface area contributed by atoms with E-state index in [1.165, 1.54) is 0 Å². The van der Waals surface area contributed by atoms with Crippen molar-refractivity contribution in [1.82, 2.24) is 15.5 Å². The summed E-state index contributed by atoms with van der Waals surface area (Å²) in [7, 11) is 1.55. The van der Waals surface area contributed by atoms with Gasteiger partial charge in [-0.15, -0.1) is 0 Å². The molecular formula is C20H31N3O4. The molecule has 0 aromatic heterocycles.